The fraction of sp³-hybridized carbons (Fsp3) is 0.294. The highest BCUT2D eigenvalue weighted by molar-refractivity contribution is 6.31. The van der Waals surface area contributed by atoms with Crippen LogP contribution in [0.15, 0.2) is 48.5 Å². The van der Waals surface area contributed by atoms with Crippen LogP contribution in [0.5, 0.6) is 5.75 Å². The van der Waals surface area contributed by atoms with Gasteiger partial charge in [-0.2, -0.15) is 0 Å². The molecule has 2 atom stereocenters. The lowest BCUT2D eigenvalue weighted by atomic mass is 9.88. The standard InChI is InChI=1S/C17H20ClNO2/c1-2-21-16-10-6-4-8-13(16)17(20)14(11-19)12-7-3-5-9-15(12)18/h3-10,14,17,20H,2,11,19H2,1H3. The fourth-order valence-electron chi connectivity index (χ4n) is 2.43. The number of para-hydroxylation sites is 1. The van der Waals surface area contributed by atoms with Crippen molar-refractivity contribution in [3.63, 3.8) is 0 Å². The van der Waals surface area contributed by atoms with Gasteiger partial charge in [0.2, 0.25) is 0 Å². The van der Waals surface area contributed by atoms with E-state index in [1.54, 1.807) is 6.07 Å². The average molecular weight is 306 g/mol. The number of aliphatic hydroxyl groups excluding tert-OH is 1. The summed E-state index contributed by atoms with van der Waals surface area (Å²) in [6.07, 6.45) is -0.766. The summed E-state index contributed by atoms with van der Waals surface area (Å²) >= 11 is 6.23. The molecule has 2 unspecified atom stereocenters. The first-order valence-corrected chi connectivity index (χ1v) is 7.41. The molecule has 0 aliphatic carbocycles. The minimum absolute atomic E-state index is 0.277. The highest BCUT2D eigenvalue weighted by Crippen LogP contribution is 2.37. The summed E-state index contributed by atoms with van der Waals surface area (Å²) in [7, 11) is 0. The average Bonchev–Trinajstić information content (AvgIpc) is 2.50. The van der Waals surface area contributed by atoms with Crippen LogP contribution in [0.3, 0.4) is 0 Å². The highest BCUT2D eigenvalue weighted by atomic mass is 35.5. The van der Waals surface area contributed by atoms with Crippen LogP contribution < -0.4 is 10.5 Å². The molecule has 0 amide bonds. The molecule has 0 saturated heterocycles. The highest BCUT2D eigenvalue weighted by Gasteiger charge is 2.25. The Morgan fingerprint density at radius 2 is 1.71 bits per heavy atom. The van der Waals surface area contributed by atoms with Crippen LogP contribution in [0.2, 0.25) is 5.02 Å². The predicted octanol–water partition coefficient (Wildman–Crippen LogP) is 3.51. The molecule has 4 heteroatoms. The SMILES string of the molecule is CCOc1ccccc1C(O)C(CN)c1ccccc1Cl. The van der Waals surface area contributed by atoms with Crippen LogP contribution in [0.4, 0.5) is 0 Å². The summed E-state index contributed by atoms with van der Waals surface area (Å²) < 4.78 is 5.59. The van der Waals surface area contributed by atoms with Gasteiger partial charge in [0.1, 0.15) is 5.75 Å². The van der Waals surface area contributed by atoms with E-state index in [-0.39, 0.29) is 5.92 Å². The summed E-state index contributed by atoms with van der Waals surface area (Å²) in [6, 6.07) is 14.9. The number of hydrogen-bond acceptors (Lipinski definition) is 3. The van der Waals surface area contributed by atoms with Crippen molar-refractivity contribution in [1.82, 2.24) is 0 Å². The van der Waals surface area contributed by atoms with E-state index in [2.05, 4.69) is 0 Å². The van der Waals surface area contributed by atoms with E-state index in [0.717, 1.165) is 11.1 Å². The molecule has 0 fully saturated rings. The molecule has 0 heterocycles. The summed E-state index contributed by atoms with van der Waals surface area (Å²) in [5, 5.41) is 11.4. The summed E-state index contributed by atoms with van der Waals surface area (Å²) in [6.45, 7) is 2.76. The molecule has 2 aromatic rings. The predicted molar refractivity (Wildman–Crippen MR) is 85.8 cm³/mol. The van der Waals surface area contributed by atoms with Crippen LogP contribution in [0.25, 0.3) is 0 Å². The van der Waals surface area contributed by atoms with Gasteiger partial charge < -0.3 is 15.6 Å². The van der Waals surface area contributed by atoms with Crippen molar-refractivity contribution in [2.75, 3.05) is 13.2 Å². The topological polar surface area (TPSA) is 55.5 Å². The maximum absolute atomic E-state index is 10.7. The van der Waals surface area contributed by atoms with E-state index < -0.39 is 6.10 Å². The van der Waals surface area contributed by atoms with E-state index in [4.69, 9.17) is 22.1 Å². The number of aliphatic hydroxyl groups is 1. The van der Waals surface area contributed by atoms with Crippen LogP contribution in [0.1, 0.15) is 30.1 Å². The second kappa shape index (κ2) is 7.46. The van der Waals surface area contributed by atoms with Crippen LogP contribution in [-0.4, -0.2) is 18.3 Å². The molecule has 0 spiro atoms. The van der Waals surface area contributed by atoms with Gasteiger partial charge in [-0.05, 0) is 24.6 Å². The maximum Gasteiger partial charge on any atom is 0.125 e. The molecule has 3 N–H and O–H groups in total. The van der Waals surface area contributed by atoms with Gasteiger partial charge in [-0.15, -0.1) is 0 Å². The Labute approximate surface area is 130 Å². The molecule has 112 valence electrons. The van der Waals surface area contributed by atoms with Gasteiger partial charge in [0.15, 0.2) is 0 Å². The van der Waals surface area contributed by atoms with Crippen molar-refractivity contribution in [2.45, 2.75) is 18.9 Å². The molecule has 2 rings (SSSR count). The molecular weight excluding hydrogens is 286 g/mol. The second-order valence-electron chi connectivity index (χ2n) is 4.78. The Bertz CT molecular complexity index is 589. The van der Waals surface area contributed by atoms with Crippen molar-refractivity contribution in [2.24, 2.45) is 5.73 Å². The van der Waals surface area contributed by atoms with E-state index in [1.807, 2.05) is 49.4 Å². The Morgan fingerprint density at radius 3 is 2.33 bits per heavy atom. The zero-order valence-electron chi connectivity index (χ0n) is 12.0. The number of hydrogen-bond donors (Lipinski definition) is 2. The van der Waals surface area contributed by atoms with Gasteiger partial charge >= 0.3 is 0 Å². The molecule has 3 nitrogen and oxygen atoms in total. The molecule has 0 radical (unpaired) electrons. The minimum atomic E-state index is -0.766. The molecule has 2 aromatic carbocycles. The van der Waals surface area contributed by atoms with E-state index in [1.165, 1.54) is 0 Å². The minimum Gasteiger partial charge on any atom is -0.493 e. The first-order chi connectivity index (χ1) is 10.2. The number of nitrogens with two attached hydrogens (primary N) is 1. The van der Waals surface area contributed by atoms with Crippen molar-refractivity contribution >= 4 is 11.6 Å². The molecule has 0 aromatic heterocycles. The number of halogens is 1. The van der Waals surface area contributed by atoms with Gasteiger partial charge in [0.05, 0.1) is 12.7 Å². The first-order valence-electron chi connectivity index (χ1n) is 7.03. The third-order valence-corrected chi connectivity index (χ3v) is 3.82. The Kier molecular flexibility index (Phi) is 5.62. The molecule has 0 bridgehead atoms. The molecule has 0 aliphatic heterocycles. The summed E-state index contributed by atoms with van der Waals surface area (Å²) in [5.41, 5.74) is 7.46. The third kappa shape index (κ3) is 3.56. The van der Waals surface area contributed by atoms with Crippen molar-refractivity contribution in [3.8, 4) is 5.75 Å². The van der Waals surface area contributed by atoms with Crippen molar-refractivity contribution in [3.05, 3.63) is 64.7 Å². The lowest BCUT2D eigenvalue weighted by Gasteiger charge is -2.24. The zero-order valence-corrected chi connectivity index (χ0v) is 12.8. The zero-order chi connectivity index (χ0) is 15.2. The van der Waals surface area contributed by atoms with Crippen LogP contribution in [-0.2, 0) is 0 Å². The normalized spacial score (nSPS) is 13.7. The Balaban J connectivity index is 2.37. The van der Waals surface area contributed by atoms with Gasteiger partial charge in [0.25, 0.3) is 0 Å². The number of ether oxygens (including phenoxy) is 1. The summed E-state index contributed by atoms with van der Waals surface area (Å²) in [4.78, 5) is 0. The van der Waals surface area contributed by atoms with E-state index in [9.17, 15) is 5.11 Å². The smallest absolute Gasteiger partial charge is 0.125 e. The lowest BCUT2D eigenvalue weighted by molar-refractivity contribution is 0.142. The second-order valence-corrected chi connectivity index (χ2v) is 5.19. The van der Waals surface area contributed by atoms with Gasteiger partial charge in [-0.25, -0.2) is 0 Å². The molecule has 0 aliphatic rings. The molecule has 0 saturated carbocycles. The van der Waals surface area contributed by atoms with Gasteiger partial charge in [-0.3, -0.25) is 0 Å². The first kappa shape index (κ1) is 15.8. The fourth-order valence-corrected chi connectivity index (χ4v) is 2.71. The van der Waals surface area contributed by atoms with Gasteiger partial charge in [-0.1, -0.05) is 48.0 Å². The monoisotopic (exact) mass is 305 g/mol. The van der Waals surface area contributed by atoms with Crippen LogP contribution >= 0.6 is 11.6 Å². The van der Waals surface area contributed by atoms with Gasteiger partial charge in [0, 0.05) is 23.0 Å². The third-order valence-electron chi connectivity index (χ3n) is 3.48. The number of benzene rings is 2. The molecular formula is C17H20ClNO2. The summed E-state index contributed by atoms with van der Waals surface area (Å²) in [5.74, 6) is 0.401. The van der Waals surface area contributed by atoms with Crippen molar-refractivity contribution in [1.29, 1.82) is 0 Å². The van der Waals surface area contributed by atoms with E-state index >= 15 is 0 Å². The quantitative estimate of drug-likeness (QED) is 0.858. The largest absolute Gasteiger partial charge is 0.493 e. The Morgan fingerprint density at radius 1 is 1.10 bits per heavy atom. The molecule has 21 heavy (non-hydrogen) atoms. The lowest BCUT2D eigenvalue weighted by Crippen LogP contribution is -2.21. The number of rotatable bonds is 6. The van der Waals surface area contributed by atoms with Crippen LogP contribution in [0, 0.1) is 0 Å². The maximum atomic E-state index is 10.7. The Hall–Kier alpha value is -1.55. The van der Waals surface area contributed by atoms with E-state index in [0.29, 0.717) is 23.9 Å². The van der Waals surface area contributed by atoms with Crippen molar-refractivity contribution < 1.29 is 9.84 Å².